The smallest absolute Gasteiger partial charge is 0.392 e. The Labute approximate surface area is 103 Å². The molecule has 5 heteroatoms. The Hall–Kier alpha value is -1.36. The minimum atomic E-state index is -4.62. The van der Waals surface area contributed by atoms with E-state index in [9.17, 15) is 17.6 Å². The quantitative estimate of drug-likeness (QED) is 0.820. The second kappa shape index (κ2) is 5.52. The summed E-state index contributed by atoms with van der Waals surface area (Å²) in [5.41, 5.74) is -0.706. The van der Waals surface area contributed by atoms with Crippen LogP contribution in [0, 0.1) is 11.7 Å². The van der Waals surface area contributed by atoms with E-state index in [1.807, 2.05) is 0 Å². The number of aliphatic hydroxyl groups excluding tert-OH is 1. The van der Waals surface area contributed by atoms with Crippen molar-refractivity contribution in [3.63, 3.8) is 0 Å². The molecular weight excluding hydrogens is 248 g/mol. The monoisotopic (exact) mass is 262 g/mol. The zero-order valence-electron chi connectivity index (χ0n) is 10.1. The number of benzene rings is 1. The van der Waals surface area contributed by atoms with Gasteiger partial charge in [0, 0.05) is 0 Å². The van der Waals surface area contributed by atoms with E-state index in [2.05, 4.69) is 0 Å². The Kier molecular flexibility index (Phi) is 4.51. The molecule has 18 heavy (non-hydrogen) atoms. The van der Waals surface area contributed by atoms with Crippen molar-refractivity contribution in [3.05, 3.63) is 40.7 Å². The summed E-state index contributed by atoms with van der Waals surface area (Å²) in [6, 6.07) is 2.49. The third-order valence-electron chi connectivity index (χ3n) is 2.59. The zero-order chi connectivity index (χ0) is 13.9. The Morgan fingerprint density at radius 2 is 1.94 bits per heavy atom. The van der Waals surface area contributed by atoms with Crippen molar-refractivity contribution in [2.45, 2.75) is 20.0 Å². The van der Waals surface area contributed by atoms with Gasteiger partial charge in [0.2, 0.25) is 0 Å². The van der Waals surface area contributed by atoms with E-state index in [0.717, 1.165) is 12.1 Å². The molecule has 0 unspecified atom stereocenters. The van der Waals surface area contributed by atoms with Crippen molar-refractivity contribution in [2.75, 3.05) is 6.61 Å². The van der Waals surface area contributed by atoms with E-state index in [0.29, 0.717) is 11.6 Å². The predicted molar refractivity (Wildman–Crippen MR) is 61.3 cm³/mol. The molecule has 0 saturated carbocycles. The molecule has 0 aliphatic heterocycles. The normalized spacial score (nSPS) is 13.2. The average Bonchev–Trinajstić information content (AvgIpc) is 2.25. The van der Waals surface area contributed by atoms with Crippen LogP contribution in [0.1, 0.15) is 25.0 Å². The topological polar surface area (TPSA) is 20.2 Å². The summed E-state index contributed by atoms with van der Waals surface area (Å²) < 4.78 is 51.1. The summed E-state index contributed by atoms with van der Waals surface area (Å²) in [6.45, 7) is 3.20. The fourth-order valence-corrected chi connectivity index (χ4v) is 1.49. The fraction of sp³-hybridized carbons (Fsp3) is 0.385. The highest BCUT2D eigenvalue weighted by atomic mass is 19.4. The molecule has 0 saturated heterocycles. The molecule has 0 amide bonds. The van der Waals surface area contributed by atoms with Crippen molar-refractivity contribution in [2.24, 2.45) is 5.92 Å². The van der Waals surface area contributed by atoms with Crippen molar-refractivity contribution in [1.82, 2.24) is 0 Å². The molecule has 1 N–H and O–H groups in total. The fourth-order valence-electron chi connectivity index (χ4n) is 1.49. The highest BCUT2D eigenvalue weighted by Gasteiger charge is 2.33. The van der Waals surface area contributed by atoms with Crippen molar-refractivity contribution < 1.29 is 22.7 Å². The number of hydrogen-bond donors (Lipinski definition) is 1. The Morgan fingerprint density at radius 3 is 2.39 bits per heavy atom. The van der Waals surface area contributed by atoms with Gasteiger partial charge in [-0.15, -0.1) is 0 Å². The summed E-state index contributed by atoms with van der Waals surface area (Å²) in [5.74, 6) is -1.02. The van der Waals surface area contributed by atoms with Crippen molar-refractivity contribution in [1.29, 1.82) is 0 Å². The van der Waals surface area contributed by atoms with Gasteiger partial charge >= 0.3 is 6.18 Å². The summed E-state index contributed by atoms with van der Waals surface area (Å²) in [6.07, 6.45) is -3.36. The van der Waals surface area contributed by atoms with Gasteiger partial charge in [-0.25, -0.2) is 4.39 Å². The van der Waals surface area contributed by atoms with Crippen LogP contribution in [0.4, 0.5) is 17.6 Å². The van der Waals surface area contributed by atoms with Crippen LogP contribution in [0.15, 0.2) is 23.8 Å². The molecule has 0 aromatic heterocycles. The van der Waals surface area contributed by atoms with Crippen molar-refractivity contribution >= 4 is 6.08 Å². The Bertz CT molecular complexity index is 447. The van der Waals surface area contributed by atoms with E-state index < -0.39 is 17.6 Å². The third-order valence-corrected chi connectivity index (χ3v) is 2.59. The molecular formula is C13H14F4O. The molecule has 0 heterocycles. The summed E-state index contributed by atoms with van der Waals surface area (Å²) in [4.78, 5) is 0. The number of rotatable bonds is 3. The van der Waals surface area contributed by atoms with E-state index in [1.54, 1.807) is 13.8 Å². The van der Waals surface area contributed by atoms with Crippen LogP contribution in [0.3, 0.4) is 0 Å². The van der Waals surface area contributed by atoms with Crippen LogP contribution in [0.2, 0.25) is 0 Å². The van der Waals surface area contributed by atoms with Crippen LogP contribution in [0.5, 0.6) is 0 Å². The first-order valence-electron chi connectivity index (χ1n) is 5.43. The highest BCUT2D eigenvalue weighted by molar-refractivity contribution is 5.58. The summed E-state index contributed by atoms with van der Waals surface area (Å²) >= 11 is 0. The Balaban J connectivity index is 3.33. The SMILES string of the molecule is CC(C)/C(=C/c1ccc(F)cc1C(F)(F)F)CO. The Morgan fingerprint density at radius 1 is 1.33 bits per heavy atom. The average molecular weight is 262 g/mol. The van der Waals surface area contributed by atoms with E-state index in [-0.39, 0.29) is 18.1 Å². The maximum Gasteiger partial charge on any atom is 0.417 e. The van der Waals surface area contributed by atoms with Gasteiger partial charge in [0.05, 0.1) is 12.2 Å². The second-order valence-electron chi connectivity index (χ2n) is 4.26. The number of halogens is 4. The number of aliphatic hydroxyl groups is 1. The molecule has 1 nitrogen and oxygen atoms in total. The molecule has 0 spiro atoms. The van der Waals surface area contributed by atoms with Gasteiger partial charge in [-0.1, -0.05) is 26.0 Å². The van der Waals surface area contributed by atoms with Gasteiger partial charge in [0.15, 0.2) is 0 Å². The summed E-state index contributed by atoms with van der Waals surface area (Å²) in [5, 5.41) is 9.08. The van der Waals surface area contributed by atoms with E-state index >= 15 is 0 Å². The molecule has 1 aromatic rings. The maximum atomic E-state index is 12.9. The lowest BCUT2D eigenvalue weighted by molar-refractivity contribution is -0.137. The first-order valence-corrected chi connectivity index (χ1v) is 5.43. The van der Waals surface area contributed by atoms with Crippen LogP contribution < -0.4 is 0 Å². The van der Waals surface area contributed by atoms with Gasteiger partial charge < -0.3 is 5.11 Å². The summed E-state index contributed by atoms with van der Waals surface area (Å²) in [7, 11) is 0. The van der Waals surface area contributed by atoms with Crippen LogP contribution >= 0.6 is 0 Å². The lowest BCUT2D eigenvalue weighted by Gasteiger charge is -2.13. The van der Waals surface area contributed by atoms with Gasteiger partial charge in [0.1, 0.15) is 5.82 Å². The molecule has 0 radical (unpaired) electrons. The van der Waals surface area contributed by atoms with Gasteiger partial charge in [-0.3, -0.25) is 0 Å². The maximum absolute atomic E-state index is 12.9. The largest absolute Gasteiger partial charge is 0.417 e. The standard InChI is InChI=1S/C13H14F4O/c1-8(2)10(7-18)5-9-3-4-11(14)6-12(9)13(15,16)17/h3-6,8,18H,7H2,1-2H3/b10-5+. The molecule has 1 rings (SSSR count). The van der Waals surface area contributed by atoms with Crippen LogP contribution in [0.25, 0.3) is 6.08 Å². The number of hydrogen-bond acceptors (Lipinski definition) is 1. The zero-order valence-corrected chi connectivity index (χ0v) is 10.1. The van der Waals surface area contributed by atoms with Gasteiger partial charge in [-0.05, 0) is 29.2 Å². The van der Waals surface area contributed by atoms with Crippen LogP contribution in [-0.4, -0.2) is 11.7 Å². The molecule has 0 fully saturated rings. The van der Waals surface area contributed by atoms with Crippen LogP contribution in [-0.2, 0) is 6.18 Å². The minimum Gasteiger partial charge on any atom is -0.392 e. The minimum absolute atomic E-state index is 0.0823. The molecule has 0 aliphatic rings. The number of alkyl halides is 3. The molecule has 0 bridgehead atoms. The van der Waals surface area contributed by atoms with E-state index in [1.165, 1.54) is 6.08 Å². The predicted octanol–water partition coefficient (Wildman–Crippen LogP) is 3.88. The lowest BCUT2D eigenvalue weighted by atomic mass is 9.98. The second-order valence-corrected chi connectivity index (χ2v) is 4.26. The van der Waals surface area contributed by atoms with E-state index in [4.69, 9.17) is 5.11 Å². The van der Waals surface area contributed by atoms with Crippen molar-refractivity contribution in [3.8, 4) is 0 Å². The first-order chi connectivity index (χ1) is 8.25. The molecule has 0 atom stereocenters. The first kappa shape index (κ1) is 14.7. The lowest BCUT2D eigenvalue weighted by Crippen LogP contribution is -2.09. The van der Waals surface area contributed by atoms with Gasteiger partial charge in [-0.2, -0.15) is 13.2 Å². The third kappa shape index (κ3) is 3.57. The highest BCUT2D eigenvalue weighted by Crippen LogP contribution is 2.33. The molecule has 0 aliphatic carbocycles. The van der Waals surface area contributed by atoms with Gasteiger partial charge in [0.25, 0.3) is 0 Å². The molecule has 100 valence electrons. The molecule has 1 aromatic carbocycles.